The van der Waals surface area contributed by atoms with Crippen LogP contribution in [0.3, 0.4) is 0 Å². The number of rotatable bonds is 13. The smallest absolute Gasteiger partial charge is 0.251 e. The molecule has 4 rings (SSSR count). The van der Waals surface area contributed by atoms with E-state index in [1.54, 1.807) is 25.1 Å². The predicted octanol–water partition coefficient (Wildman–Crippen LogP) is 7.28. The van der Waals surface area contributed by atoms with Gasteiger partial charge in [-0.15, -0.1) is 0 Å². The lowest BCUT2D eigenvalue weighted by atomic mass is 9.93. The number of fused-ring (bicyclic) bond motifs is 1. The van der Waals surface area contributed by atoms with E-state index in [4.69, 9.17) is 10.1 Å². The van der Waals surface area contributed by atoms with Gasteiger partial charge in [-0.1, -0.05) is 37.3 Å². The van der Waals surface area contributed by atoms with Crippen molar-refractivity contribution in [3.8, 4) is 5.75 Å². The SMILES string of the molecule is CCc1cc(N/C2=C\C/C=C\C=C3\C(c4ccc(OC)c(F)c4F)=CN=C23)ccc1C(=O)NCC(=O)/C=C/CCCC(C)=N. The molecule has 7 nitrogen and oxygen atoms in total. The Morgan fingerprint density at radius 2 is 1.95 bits per heavy atom. The molecule has 1 heterocycles. The highest BCUT2D eigenvalue weighted by Gasteiger charge is 2.27. The number of hydrogen-bond acceptors (Lipinski definition) is 6. The Kier molecular flexibility index (Phi) is 10.9. The summed E-state index contributed by atoms with van der Waals surface area (Å²) in [7, 11) is 1.28. The lowest BCUT2D eigenvalue weighted by molar-refractivity contribution is -0.113. The van der Waals surface area contributed by atoms with Crippen molar-refractivity contribution in [1.82, 2.24) is 5.32 Å². The minimum Gasteiger partial charge on any atom is -0.494 e. The third-order valence-corrected chi connectivity index (χ3v) is 7.20. The Morgan fingerprint density at radius 1 is 1.14 bits per heavy atom. The van der Waals surface area contributed by atoms with Crippen molar-refractivity contribution in [1.29, 1.82) is 5.41 Å². The van der Waals surface area contributed by atoms with E-state index in [-0.39, 0.29) is 29.5 Å². The summed E-state index contributed by atoms with van der Waals surface area (Å²) in [6.07, 6.45) is 15.8. The number of aliphatic imine (C=N–C) groups is 1. The minimum absolute atomic E-state index is 0.0807. The number of benzene rings is 2. The minimum atomic E-state index is -1.06. The van der Waals surface area contributed by atoms with Crippen molar-refractivity contribution >= 4 is 34.4 Å². The standard InChI is InChI=1S/C35H36F2N4O3/c1-4-23-19-24(15-16-26(23)35(43)40-20-25(42)12-8-5-7-11-22(2)38)41-30-14-10-6-9-13-28-29(21-39-34(28)30)27-17-18-31(44-3)33(37)32(27)36/h6,8-9,12-19,21,38,41H,4-5,7,10-11,20H2,1-3H3,(H,40,43)/b9-6-,12-8+,28-13-,30-14-,38-22?. The first-order valence-corrected chi connectivity index (χ1v) is 14.5. The van der Waals surface area contributed by atoms with Crippen molar-refractivity contribution in [2.75, 3.05) is 19.0 Å². The molecule has 0 unspecified atom stereocenters. The number of ether oxygens (including phenoxy) is 1. The van der Waals surface area contributed by atoms with Gasteiger partial charge in [-0.2, -0.15) is 4.39 Å². The number of nitrogens with one attached hydrogen (secondary N) is 3. The normalized spacial score (nSPS) is 17.2. The van der Waals surface area contributed by atoms with E-state index in [2.05, 4.69) is 15.6 Å². The number of ketones is 1. The summed E-state index contributed by atoms with van der Waals surface area (Å²) >= 11 is 0. The van der Waals surface area contributed by atoms with Crippen LogP contribution in [-0.4, -0.2) is 36.8 Å². The zero-order chi connectivity index (χ0) is 31.6. The number of nitrogens with zero attached hydrogens (tertiary/aromatic N) is 1. The number of hydrogen-bond donors (Lipinski definition) is 3. The molecule has 0 radical (unpaired) electrons. The third kappa shape index (κ3) is 7.72. The topological polar surface area (TPSA) is 104 Å². The van der Waals surface area contributed by atoms with Crippen LogP contribution in [-0.2, 0) is 11.2 Å². The number of anilines is 1. The van der Waals surface area contributed by atoms with Crippen molar-refractivity contribution in [2.45, 2.75) is 46.0 Å². The quantitative estimate of drug-likeness (QED) is 0.128. The Morgan fingerprint density at radius 3 is 2.70 bits per heavy atom. The molecule has 9 heteroatoms. The van der Waals surface area contributed by atoms with Gasteiger partial charge < -0.3 is 20.8 Å². The molecule has 228 valence electrons. The molecule has 0 fully saturated rings. The van der Waals surface area contributed by atoms with Crippen LogP contribution in [0.15, 0.2) is 89.3 Å². The molecule has 0 bridgehead atoms. The fourth-order valence-corrected chi connectivity index (χ4v) is 4.89. The van der Waals surface area contributed by atoms with Gasteiger partial charge >= 0.3 is 0 Å². The molecule has 1 aliphatic heterocycles. The van der Waals surface area contributed by atoms with Crippen LogP contribution < -0.4 is 15.4 Å². The van der Waals surface area contributed by atoms with Crippen molar-refractivity contribution in [2.24, 2.45) is 4.99 Å². The largest absolute Gasteiger partial charge is 0.494 e. The lowest BCUT2D eigenvalue weighted by Crippen LogP contribution is -2.29. The van der Waals surface area contributed by atoms with Gasteiger partial charge in [0.15, 0.2) is 17.3 Å². The highest BCUT2D eigenvalue weighted by atomic mass is 19.2. The number of carbonyl (C=O) groups is 2. The Labute approximate surface area is 256 Å². The van der Waals surface area contributed by atoms with Gasteiger partial charge in [-0.3, -0.25) is 14.6 Å². The number of unbranched alkanes of at least 4 members (excludes halogenated alkanes) is 1. The molecule has 0 saturated heterocycles. The molecule has 44 heavy (non-hydrogen) atoms. The number of halogens is 2. The van der Waals surface area contributed by atoms with E-state index < -0.39 is 11.6 Å². The van der Waals surface area contributed by atoms with E-state index in [9.17, 15) is 18.4 Å². The summed E-state index contributed by atoms with van der Waals surface area (Å²) < 4.78 is 34.4. The van der Waals surface area contributed by atoms with Crippen LogP contribution in [0.5, 0.6) is 5.75 Å². The average molecular weight is 599 g/mol. The zero-order valence-corrected chi connectivity index (χ0v) is 25.1. The second-order valence-corrected chi connectivity index (χ2v) is 10.4. The van der Waals surface area contributed by atoms with Gasteiger partial charge in [0, 0.05) is 39.9 Å². The molecule has 1 amide bonds. The molecule has 0 atom stereocenters. The monoisotopic (exact) mass is 598 g/mol. The van der Waals surface area contributed by atoms with Crippen LogP contribution in [0.4, 0.5) is 14.5 Å². The molecule has 0 saturated carbocycles. The molecule has 1 aliphatic carbocycles. The maximum atomic E-state index is 15.0. The van der Waals surface area contributed by atoms with Crippen LogP contribution in [0.2, 0.25) is 0 Å². The summed E-state index contributed by atoms with van der Waals surface area (Å²) in [5.74, 6) is -2.77. The van der Waals surface area contributed by atoms with Gasteiger partial charge in [0.1, 0.15) is 0 Å². The second kappa shape index (κ2) is 15.0. The van der Waals surface area contributed by atoms with Crippen LogP contribution >= 0.6 is 0 Å². The summed E-state index contributed by atoms with van der Waals surface area (Å²) in [5.41, 5.74) is 5.05. The maximum absolute atomic E-state index is 15.0. The van der Waals surface area contributed by atoms with E-state index in [0.717, 1.165) is 17.7 Å². The Hall–Kier alpha value is -4.92. The maximum Gasteiger partial charge on any atom is 0.251 e. The first kappa shape index (κ1) is 32.0. The highest BCUT2D eigenvalue weighted by molar-refractivity contribution is 6.25. The lowest BCUT2D eigenvalue weighted by Gasteiger charge is -2.18. The Bertz CT molecular complexity index is 1650. The first-order chi connectivity index (χ1) is 21.2. The number of amides is 1. The van der Waals surface area contributed by atoms with Gasteiger partial charge in [0.2, 0.25) is 5.82 Å². The second-order valence-electron chi connectivity index (χ2n) is 10.4. The van der Waals surface area contributed by atoms with Gasteiger partial charge in [0.05, 0.1) is 25.1 Å². The molecule has 2 aliphatic rings. The highest BCUT2D eigenvalue weighted by Crippen LogP contribution is 2.36. The van der Waals surface area contributed by atoms with Crippen LogP contribution in [0.1, 0.15) is 61.0 Å². The number of carbonyl (C=O) groups excluding carboxylic acids is 2. The number of aryl methyl sites for hydroxylation is 1. The molecule has 0 spiro atoms. The zero-order valence-electron chi connectivity index (χ0n) is 25.1. The van der Waals surface area contributed by atoms with E-state index in [0.29, 0.717) is 59.5 Å². The van der Waals surface area contributed by atoms with E-state index in [1.165, 1.54) is 31.5 Å². The van der Waals surface area contributed by atoms with Crippen LogP contribution in [0.25, 0.3) is 5.57 Å². The fraction of sp³-hybridized carbons (Fsp3) is 0.257. The van der Waals surface area contributed by atoms with Gasteiger partial charge in [-0.05, 0) is 81.0 Å². The summed E-state index contributed by atoms with van der Waals surface area (Å²) in [6, 6.07) is 8.24. The first-order valence-electron chi connectivity index (χ1n) is 14.5. The van der Waals surface area contributed by atoms with E-state index >= 15 is 0 Å². The van der Waals surface area contributed by atoms with Gasteiger partial charge in [0.25, 0.3) is 5.91 Å². The molecule has 0 aromatic heterocycles. The molecular weight excluding hydrogens is 562 g/mol. The average Bonchev–Trinajstić information content (AvgIpc) is 3.41. The number of allylic oxidation sites excluding steroid dienone is 7. The fourth-order valence-electron chi connectivity index (χ4n) is 4.89. The number of methoxy groups -OCH3 is 1. The van der Waals surface area contributed by atoms with Crippen molar-refractivity contribution in [3.05, 3.63) is 113 Å². The molecule has 2 aromatic rings. The van der Waals surface area contributed by atoms with Crippen molar-refractivity contribution < 1.29 is 23.1 Å². The Balaban J connectivity index is 1.45. The van der Waals surface area contributed by atoms with E-state index in [1.807, 2.05) is 37.3 Å². The third-order valence-electron chi connectivity index (χ3n) is 7.20. The molecular formula is C35H36F2N4O3. The summed E-state index contributed by atoms with van der Waals surface area (Å²) in [6.45, 7) is 3.60. The van der Waals surface area contributed by atoms with Gasteiger partial charge in [-0.25, -0.2) is 4.39 Å². The summed E-state index contributed by atoms with van der Waals surface area (Å²) in [5, 5.41) is 13.5. The summed E-state index contributed by atoms with van der Waals surface area (Å²) in [4.78, 5) is 29.7. The molecule has 2 aromatic carbocycles. The predicted molar refractivity (Wildman–Crippen MR) is 171 cm³/mol. The van der Waals surface area contributed by atoms with Crippen LogP contribution in [0, 0.1) is 17.0 Å². The molecule has 3 N–H and O–H groups in total. The van der Waals surface area contributed by atoms with Crippen molar-refractivity contribution in [3.63, 3.8) is 0 Å².